The number of aryl methyl sites for hydroxylation is 1. The van der Waals surface area contributed by atoms with Crippen molar-refractivity contribution in [2.45, 2.75) is 13.1 Å². The molecule has 1 amide bonds. The zero-order valence-corrected chi connectivity index (χ0v) is 17.2. The minimum absolute atomic E-state index is 0.178. The number of hydrogen-bond acceptors (Lipinski definition) is 4. The van der Waals surface area contributed by atoms with E-state index in [4.69, 9.17) is 0 Å². The molecule has 3 N–H and O–H groups in total. The third kappa shape index (κ3) is 3.98. The maximum absolute atomic E-state index is 13.0. The Hall–Kier alpha value is -4.34. The van der Waals surface area contributed by atoms with Crippen molar-refractivity contribution >= 4 is 39.8 Å². The van der Waals surface area contributed by atoms with Gasteiger partial charge in [0.25, 0.3) is 5.91 Å². The van der Waals surface area contributed by atoms with Crippen LogP contribution >= 0.6 is 0 Å². The van der Waals surface area contributed by atoms with E-state index in [0.29, 0.717) is 17.2 Å². The highest BCUT2D eigenvalue weighted by Gasteiger charge is 2.34. The van der Waals surface area contributed by atoms with E-state index in [0.717, 1.165) is 22.8 Å². The van der Waals surface area contributed by atoms with Crippen molar-refractivity contribution in [3.05, 3.63) is 83.9 Å². The van der Waals surface area contributed by atoms with Crippen molar-refractivity contribution in [1.29, 1.82) is 0 Å². The SMILES string of the molecule is Cc1cccc2[nH]c(C(=O)Nc3ccc(Nc4cccc5nc(C(F)(F)F)cn45)cc3)nc12. The first kappa shape index (κ1) is 20.6. The molecule has 166 valence electrons. The van der Waals surface area contributed by atoms with Crippen molar-refractivity contribution < 1.29 is 18.0 Å². The van der Waals surface area contributed by atoms with E-state index < -0.39 is 11.9 Å². The van der Waals surface area contributed by atoms with Gasteiger partial charge in [-0.15, -0.1) is 0 Å². The quantitative estimate of drug-likeness (QED) is 0.336. The number of pyridine rings is 1. The van der Waals surface area contributed by atoms with Crippen molar-refractivity contribution in [3.63, 3.8) is 0 Å². The number of carbonyl (C=O) groups is 1. The van der Waals surface area contributed by atoms with Gasteiger partial charge in [0.1, 0.15) is 11.5 Å². The number of aromatic amines is 1. The lowest BCUT2D eigenvalue weighted by molar-refractivity contribution is -0.140. The van der Waals surface area contributed by atoms with Crippen LogP contribution in [-0.4, -0.2) is 25.3 Å². The van der Waals surface area contributed by atoms with Crippen LogP contribution in [0.1, 0.15) is 21.9 Å². The van der Waals surface area contributed by atoms with Crippen LogP contribution < -0.4 is 10.6 Å². The Kier molecular flexibility index (Phi) is 4.77. The fraction of sp³-hybridized carbons (Fsp3) is 0.0870. The molecule has 7 nitrogen and oxygen atoms in total. The largest absolute Gasteiger partial charge is 0.434 e. The fourth-order valence-electron chi connectivity index (χ4n) is 3.51. The summed E-state index contributed by atoms with van der Waals surface area (Å²) >= 11 is 0. The summed E-state index contributed by atoms with van der Waals surface area (Å²) < 4.78 is 40.3. The van der Waals surface area contributed by atoms with Crippen LogP contribution in [-0.2, 0) is 6.18 Å². The number of nitrogens with one attached hydrogen (secondary N) is 3. The Bertz CT molecular complexity index is 1480. The van der Waals surface area contributed by atoms with E-state index in [1.165, 1.54) is 10.5 Å². The average Bonchev–Trinajstić information content (AvgIpc) is 3.41. The lowest BCUT2D eigenvalue weighted by Crippen LogP contribution is -2.13. The minimum Gasteiger partial charge on any atom is -0.341 e. The van der Waals surface area contributed by atoms with Gasteiger partial charge in [-0.1, -0.05) is 18.2 Å². The lowest BCUT2D eigenvalue weighted by atomic mass is 10.2. The molecule has 5 rings (SSSR count). The number of alkyl halides is 3. The van der Waals surface area contributed by atoms with Crippen LogP contribution in [0.15, 0.2) is 66.9 Å². The molecule has 0 aliphatic rings. The molecule has 3 heterocycles. The maximum atomic E-state index is 13.0. The zero-order valence-electron chi connectivity index (χ0n) is 17.2. The van der Waals surface area contributed by atoms with Gasteiger partial charge in [0.15, 0.2) is 11.5 Å². The van der Waals surface area contributed by atoms with E-state index in [9.17, 15) is 18.0 Å². The summed E-state index contributed by atoms with van der Waals surface area (Å²) in [5.41, 5.74) is 2.87. The van der Waals surface area contributed by atoms with Gasteiger partial charge in [0.2, 0.25) is 0 Å². The topological polar surface area (TPSA) is 87.1 Å². The third-order valence-electron chi connectivity index (χ3n) is 5.13. The Balaban J connectivity index is 1.33. The number of amides is 1. The summed E-state index contributed by atoms with van der Waals surface area (Å²) in [5.74, 6) is 0.243. The molecule has 0 unspecified atom stereocenters. The van der Waals surface area contributed by atoms with E-state index in [1.54, 1.807) is 36.4 Å². The maximum Gasteiger partial charge on any atom is 0.434 e. The van der Waals surface area contributed by atoms with E-state index in [1.807, 2.05) is 25.1 Å². The number of benzene rings is 2. The van der Waals surface area contributed by atoms with E-state index in [2.05, 4.69) is 25.6 Å². The second kappa shape index (κ2) is 7.66. The third-order valence-corrected chi connectivity index (χ3v) is 5.13. The van der Waals surface area contributed by atoms with Gasteiger partial charge < -0.3 is 15.6 Å². The molecule has 0 radical (unpaired) electrons. The molecule has 33 heavy (non-hydrogen) atoms. The zero-order chi connectivity index (χ0) is 23.2. The predicted octanol–water partition coefficient (Wildman–Crippen LogP) is 5.53. The summed E-state index contributed by atoms with van der Waals surface area (Å²) in [4.78, 5) is 23.6. The van der Waals surface area contributed by atoms with Gasteiger partial charge in [0.05, 0.1) is 11.0 Å². The molecule has 0 bridgehead atoms. The molecule has 0 saturated carbocycles. The number of rotatable bonds is 4. The molecular weight excluding hydrogens is 433 g/mol. The highest BCUT2D eigenvalue weighted by molar-refractivity contribution is 6.03. The molecule has 0 aliphatic heterocycles. The Morgan fingerprint density at radius 3 is 2.42 bits per heavy atom. The Morgan fingerprint density at radius 2 is 1.70 bits per heavy atom. The number of halogens is 3. The van der Waals surface area contributed by atoms with Gasteiger partial charge in [-0.05, 0) is 55.0 Å². The number of aromatic nitrogens is 4. The predicted molar refractivity (Wildman–Crippen MR) is 119 cm³/mol. The summed E-state index contributed by atoms with van der Waals surface area (Å²) in [5, 5.41) is 5.85. The van der Waals surface area contributed by atoms with Crippen LogP contribution in [0.5, 0.6) is 0 Å². The molecule has 0 spiro atoms. The van der Waals surface area contributed by atoms with Gasteiger partial charge in [-0.25, -0.2) is 9.97 Å². The van der Waals surface area contributed by atoms with Gasteiger partial charge in [-0.3, -0.25) is 9.20 Å². The molecule has 0 fully saturated rings. The van der Waals surface area contributed by atoms with Crippen LogP contribution in [0.3, 0.4) is 0 Å². The second-order valence-electron chi connectivity index (χ2n) is 7.48. The van der Waals surface area contributed by atoms with Gasteiger partial charge in [0, 0.05) is 17.6 Å². The van der Waals surface area contributed by atoms with Gasteiger partial charge >= 0.3 is 6.18 Å². The molecule has 0 atom stereocenters. The molecule has 0 aliphatic carbocycles. The smallest absolute Gasteiger partial charge is 0.341 e. The molecular formula is C23H17F3N6O. The van der Waals surface area contributed by atoms with Crippen LogP contribution in [0.4, 0.5) is 30.4 Å². The van der Waals surface area contributed by atoms with E-state index >= 15 is 0 Å². The van der Waals surface area contributed by atoms with Crippen LogP contribution in [0, 0.1) is 6.92 Å². The number of H-pyrrole nitrogens is 1. The Labute approximate surface area is 185 Å². The summed E-state index contributed by atoms with van der Waals surface area (Å²) in [6, 6.07) is 17.2. The monoisotopic (exact) mass is 450 g/mol. The number of anilines is 3. The number of para-hydroxylation sites is 1. The number of hydrogen-bond donors (Lipinski definition) is 3. The van der Waals surface area contributed by atoms with Crippen molar-refractivity contribution in [2.75, 3.05) is 10.6 Å². The first-order chi connectivity index (χ1) is 15.8. The summed E-state index contributed by atoms with van der Waals surface area (Å²) in [7, 11) is 0. The molecule has 5 aromatic rings. The number of imidazole rings is 2. The number of carbonyl (C=O) groups excluding carboxylic acids is 1. The fourth-order valence-corrected chi connectivity index (χ4v) is 3.51. The second-order valence-corrected chi connectivity index (χ2v) is 7.48. The molecule has 3 aromatic heterocycles. The highest BCUT2D eigenvalue weighted by Crippen LogP contribution is 2.30. The normalized spacial score (nSPS) is 11.8. The first-order valence-electron chi connectivity index (χ1n) is 9.97. The molecule has 0 saturated heterocycles. The highest BCUT2D eigenvalue weighted by atomic mass is 19.4. The summed E-state index contributed by atoms with van der Waals surface area (Å²) in [6.07, 6.45) is -3.58. The lowest BCUT2D eigenvalue weighted by Gasteiger charge is -2.10. The summed E-state index contributed by atoms with van der Waals surface area (Å²) in [6.45, 7) is 1.92. The minimum atomic E-state index is -4.53. The standard InChI is InChI=1S/C23H17F3N6O/c1-13-4-2-5-16-20(13)31-21(29-16)22(33)28-15-10-8-14(9-11-15)27-18-6-3-7-19-30-17(12-32(18)19)23(24,25)26/h2-12,27H,1H3,(H,28,33)(H,29,31). The number of nitrogens with zero attached hydrogens (tertiary/aromatic N) is 3. The first-order valence-corrected chi connectivity index (χ1v) is 9.97. The van der Waals surface area contributed by atoms with Gasteiger partial charge in [-0.2, -0.15) is 13.2 Å². The van der Waals surface area contributed by atoms with Crippen LogP contribution in [0.25, 0.3) is 16.7 Å². The molecule has 10 heteroatoms. The number of fused-ring (bicyclic) bond motifs is 2. The molecule has 2 aromatic carbocycles. The van der Waals surface area contributed by atoms with Crippen molar-refractivity contribution in [2.24, 2.45) is 0 Å². The van der Waals surface area contributed by atoms with Crippen molar-refractivity contribution in [3.8, 4) is 0 Å². The van der Waals surface area contributed by atoms with Crippen molar-refractivity contribution in [1.82, 2.24) is 19.4 Å². The average molecular weight is 450 g/mol. The van der Waals surface area contributed by atoms with Crippen LogP contribution in [0.2, 0.25) is 0 Å². The van der Waals surface area contributed by atoms with E-state index in [-0.39, 0.29) is 17.4 Å². The Morgan fingerprint density at radius 1 is 0.970 bits per heavy atom.